The van der Waals surface area contributed by atoms with Crippen molar-refractivity contribution in [1.29, 1.82) is 0 Å². The van der Waals surface area contributed by atoms with Crippen molar-refractivity contribution in [3.63, 3.8) is 0 Å². The van der Waals surface area contributed by atoms with E-state index in [1.165, 1.54) is 6.55 Å². The van der Waals surface area contributed by atoms with E-state index in [4.69, 9.17) is 19.2 Å². The zero-order valence-corrected chi connectivity index (χ0v) is 53.7. The van der Waals surface area contributed by atoms with Gasteiger partial charge in [-0.3, -0.25) is 0 Å². The maximum absolute atomic E-state index is 13.9. The summed E-state index contributed by atoms with van der Waals surface area (Å²) in [5, 5.41) is 6.14. The minimum Gasteiger partial charge on any atom is -0.411 e. The van der Waals surface area contributed by atoms with Crippen LogP contribution in [0.15, 0.2) is 35.7 Å². The molecule has 1 unspecified atom stereocenters. The van der Waals surface area contributed by atoms with Crippen LogP contribution in [0, 0.1) is 0 Å². The van der Waals surface area contributed by atoms with Gasteiger partial charge < -0.3 is 53.6 Å². The van der Waals surface area contributed by atoms with Gasteiger partial charge in [0.25, 0.3) is 0 Å². The fraction of sp³-hybridized carbons (Fsp3) is 0.857. The van der Waals surface area contributed by atoms with E-state index in [1.807, 2.05) is 10.6 Å². The Morgan fingerprint density at radius 2 is 0.510 bits per heavy atom. The lowest BCUT2D eigenvalue weighted by atomic mass is 9.90. The van der Waals surface area contributed by atoms with Crippen LogP contribution < -0.4 is 16.0 Å². The van der Waals surface area contributed by atoms with Gasteiger partial charge in [-0.2, -0.15) is 184 Å². The third kappa shape index (κ3) is 23.7. The summed E-state index contributed by atoms with van der Waals surface area (Å²) in [7, 11) is -17.4. The first-order chi connectivity index (χ1) is 44.0. The highest BCUT2D eigenvalue weighted by molar-refractivity contribution is 6.75. The zero-order chi connectivity index (χ0) is 83.1. The van der Waals surface area contributed by atoms with Gasteiger partial charge in [-0.25, -0.2) is 13.2 Å². The van der Waals surface area contributed by atoms with Crippen molar-refractivity contribution >= 4 is 34.5 Å². The summed E-state index contributed by atoms with van der Waals surface area (Å²) in [6, 6.07) is -3.31. The Hall–Kier alpha value is -3.50. The molecule has 0 spiro atoms. The molecule has 0 aromatic rings. The normalized spacial score (nSPS) is 16.6. The van der Waals surface area contributed by atoms with E-state index in [1.54, 1.807) is 0 Å². The van der Waals surface area contributed by atoms with Gasteiger partial charge in [0.1, 0.15) is 0 Å². The van der Waals surface area contributed by atoms with E-state index in [-0.39, 0.29) is 50.6 Å². The van der Waals surface area contributed by atoms with Crippen LogP contribution in [0.25, 0.3) is 0 Å². The summed E-state index contributed by atoms with van der Waals surface area (Å²) >= 11 is 0. The van der Waals surface area contributed by atoms with Crippen LogP contribution in [0.5, 0.6) is 0 Å². The van der Waals surface area contributed by atoms with Crippen LogP contribution in [-0.2, 0) is 4.12 Å². The Morgan fingerprint density at radius 3 is 0.755 bits per heavy atom. The van der Waals surface area contributed by atoms with Crippen molar-refractivity contribution in [2.45, 2.75) is 183 Å². The van der Waals surface area contributed by atoms with Crippen LogP contribution in [0.1, 0.15) is 25.7 Å². The lowest BCUT2D eigenvalue weighted by molar-refractivity contribution is -0.450. The van der Waals surface area contributed by atoms with Gasteiger partial charge in [-0.15, -0.1) is 0 Å². The van der Waals surface area contributed by atoms with Crippen molar-refractivity contribution in [2.24, 2.45) is 0 Å². The molecule has 1 atom stereocenters. The lowest BCUT2D eigenvalue weighted by Crippen LogP contribution is -2.72. The molecule has 0 aliphatic carbocycles. The molecule has 60 heteroatoms. The molecule has 0 fully saturated rings. The van der Waals surface area contributed by atoms with E-state index >= 15 is 0 Å². The van der Waals surface area contributed by atoms with Gasteiger partial charge >= 0.3 is 148 Å². The van der Waals surface area contributed by atoms with Crippen molar-refractivity contribution in [1.82, 2.24) is 16.0 Å². The van der Waals surface area contributed by atoms with Crippen molar-refractivity contribution < 1.29 is 235 Å². The predicted octanol–water partition coefficient (Wildman–Crippen LogP) is 14.7. The van der Waals surface area contributed by atoms with E-state index in [0.717, 1.165) is 6.55 Å². The Balaban J connectivity index is -0.00000154. The van der Waals surface area contributed by atoms with Gasteiger partial charge in [0, 0.05) is 32.1 Å². The number of nitrogens with one attached hydrogen (secondary N) is 3. The molecule has 0 amide bonds. The number of alkyl halides is 42. The van der Waals surface area contributed by atoms with Crippen LogP contribution in [-0.4, -0.2) is 221 Å². The highest BCUT2D eigenvalue weighted by Crippen LogP contribution is 2.65. The molecule has 11 nitrogen and oxygen atoms in total. The number of halogens is 45. The maximum Gasteiger partial charge on any atom is 0.486 e. The molecule has 0 aromatic carbocycles. The van der Waals surface area contributed by atoms with E-state index < -0.39 is 229 Å². The smallest absolute Gasteiger partial charge is 0.411 e. The SMILES string of the molecule is C[Si](O)(CCC(F)(F)C(F)(F)C(F)(F)C(F)(F)C(F)(F)C(F)(F)F)O[Si](O)(O)CCCNC/C=C(\F)C(F)(F)C(F)(F)C(F)(F)F.C[Si](O)(O)CCCNC/C=C(\F)C(F)(F)C(F)(F)C(F)(F)C(F)(F)C(F)(F)C(F)(F)C(F)(F)F.C[Si](O)(O)CCCNC/C=C(\F)C(F)(F)C(F)(F)C(F)(F)F. The molecule has 0 aliphatic rings. The summed E-state index contributed by atoms with van der Waals surface area (Å²) in [5.41, 5.74) is 0. The summed E-state index contributed by atoms with van der Waals surface area (Å²) in [6.07, 6.45) is -33.5. The molecule has 0 aromatic heterocycles. The predicted molar refractivity (Wildman–Crippen MR) is 260 cm³/mol. The molecule has 102 heavy (non-hydrogen) atoms. The molecule has 0 heterocycles. The highest BCUT2D eigenvalue weighted by Gasteiger charge is 2.94. The van der Waals surface area contributed by atoms with Crippen LogP contribution in [0.2, 0.25) is 43.8 Å². The molecule has 0 saturated heterocycles. The van der Waals surface area contributed by atoms with E-state index in [9.17, 15) is 212 Å². The summed E-state index contributed by atoms with van der Waals surface area (Å²) in [6.45, 7) is -1.62. The van der Waals surface area contributed by atoms with Crippen molar-refractivity contribution in [3.05, 3.63) is 35.7 Å². The average Bonchev–Trinajstić information content (AvgIpc) is 0.701. The first kappa shape index (κ1) is 103. The minimum atomic E-state index is -8.48. The molecular weight excluding hydrogens is 1640 g/mol. The standard InChI is InChI=1S/C18H20F21NO4Si2.C14H15F16NO2Si.C10H15F8NO2Si/c1-45(41,8-4-10(20,21)12(24,25)14(28,29)15(30,31)16(32,33)18(37,38)39)44-46(42,43)7-2-5-40-6-3-9(19)11(22,23)13(26,27)17(34,35)36;1-34(32,33)6-2-4-31-5-3-7(15)8(16,17)9(18,19)10(20,21)11(22,23)12(24,25)13(26,27)14(28,29)30;1-22(20,21)6-2-4-19-5-3-7(11)8(12,13)9(14,15)10(16,17)18/h3,40-43H,2,4-8H2,1H3;3,31-33H,2,4-6H2,1H3;3,19-21H,2,4-6H2,1H3/b9-3-;2*7-3-. The Bertz CT molecular complexity index is 2720. The van der Waals surface area contributed by atoms with Gasteiger partial charge in [-0.1, -0.05) is 0 Å². The molecule has 0 radical (unpaired) electrons. The van der Waals surface area contributed by atoms with Gasteiger partial charge in [0.2, 0.25) is 0 Å². The maximum atomic E-state index is 13.9. The van der Waals surface area contributed by atoms with Crippen molar-refractivity contribution in [2.75, 3.05) is 39.3 Å². The summed E-state index contributed by atoms with van der Waals surface area (Å²) < 4.78 is 584. The number of rotatable bonds is 37. The largest absolute Gasteiger partial charge is 0.486 e. The Kier molecular flexibility index (Phi) is 33.8. The first-order valence-corrected chi connectivity index (χ1v) is 35.7. The van der Waals surface area contributed by atoms with Crippen LogP contribution in [0.4, 0.5) is 198 Å². The third-order valence-corrected chi connectivity index (χ3v) is 20.0. The molecule has 612 valence electrons. The third-order valence-electron chi connectivity index (χ3n) is 12.2. The molecule has 0 aliphatic heterocycles. The molecular formula is C42H50F45N3O8Si4. The molecule has 10 N–H and O–H groups in total. The van der Waals surface area contributed by atoms with Gasteiger partial charge in [-0.05, 0) is 94.9 Å². The van der Waals surface area contributed by atoms with Crippen LogP contribution in [0.3, 0.4) is 0 Å². The molecule has 0 rings (SSSR count). The Labute approximate surface area is 543 Å². The van der Waals surface area contributed by atoms with Gasteiger partial charge in [0.15, 0.2) is 17.5 Å². The topological polar surface area (TPSA) is 187 Å². The highest BCUT2D eigenvalue weighted by atomic mass is 28.5. The quantitative estimate of drug-likeness (QED) is 0.0162. The summed E-state index contributed by atoms with van der Waals surface area (Å²) in [4.78, 5) is 65.7. The fourth-order valence-corrected chi connectivity index (χ4v) is 13.0. The second kappa shape index (κ2) is 33.6. The van der Waals surface area contributed by atoms with Gasteiger partial charge in [0.05, 0.1) is 0 Å². The number of allylic oxidation sites excluding steroid dienone is 3. The Morgan fingerprint density at radius 1 is 0.294 bits per heavy atom. The molecule has 0 bridgehead atoms. The average molecular weight is 1690 g/mol. The minimum absolute atomic E-state index is 0.00866. The fourth-order valence-electron chi connectivity index (χ4n) is 6.29. The number of hydrogen-bond donors (Lipinski definition) is 10. The van der Waals surface area contributed by atoms with E-state index in [2.05, 4.69) is 9.43 Å². The second-order valence-electron chi connectivity index (χ2n) is 21.3. The van der Waals surface area contributed by atoms with Crippen molar-refractivity contribution in [3.8, 4) is 0 Å². The lowest BCUT2D eigenvalue weighted by Gasteiger charge is -2.41. The van der Waals surface area contributed by atoms with E-state index in [0.29, 0.717) is 0 Å². The monoisotopic (exact) mass is 1690 g/mol. The van der Waals surface area contributed by atoms with Crippen LogP contribution >= 0.6 is 0 Å². The zero-order valence-electron chi connectivity index (χ0n) is 49.7. The molecule has 0 saturated carbocycles. The number of hydrogen-bond acceptors (Lipinski definition) is 11. The second-order valence-corrected chi connectivity index (χ2v) is 32.8. The summed E-state index contributed by atoms with van der Waals surface area (Å²) in [5.74, 6) is -122. The first-order valence-electron chi connectivity index (χ1n) is 26.0.